The molecule has 4 heterocycles. The largest absolute Gasteiger partial charge is 0.420 e. The van der Waals surface area contributed by atoms with E-state index in [1.807, 2.05) is 11.0 Å². The Morgan fingerprint density at radius 2 is 2.00 bits per heavy atom. The van der Waals surface area contributed by atoms with Crippen LogP contribution in [0.4, 0.5) is 0 Å². The second-order valence-corrected chi connectivity index (χ2v) is 8.09. The van der Waals surface area contributed by atoms with Gasteiger partial charge in [0.25, 0.3) is 0 Å². The summed E-state index contributed by atoms with van der Waals surface area (Å²) in [6.45, 7) is 2.10. The topological polar surface area (TPSA) is 75.8 Å². The van der Waals surface area contributed by atoms with Gasteiger partial charge >= 0.3 is 5.76 Å². The summed E-state index contributed by atoms with van der Waals surface area (Å²) in [6, 6.07) is 7.44. The highest BCUT2D eigenvalue weighted by atomic mass is 16.4. The van der Waals surface area contributed by atoms with Crippen LogP contribution >= 0.6 is 0 Å². The Morgan fingerprint density at radius 1 is 1.15 bits per heavy atom. The van der Waals surface area contributed by atoms with Gasteiger partial charge in [-0.05, 0) is 43.2 Å². The lowest BCUT2D eigenvalue weighted by molar-refractivity contribution is -0.148. The lowest BCUT2D eigenvalue weighted by atomic mass is 9.76. The number of benzene rings is 1. The molecule has 2 amide bonds. The number of para-hydroxylation sites is 2. The summed E-state index contributed by atoms with van der Waals surface area (Å²) in [5.41, 5.74) is 1.15. The highest BCUT2D eigenvalue weighted by Gasteiger charge is 2.44. The molecule has 1 aromatic heterocycles. The SMILES string of the molecule is O=C(Cn1c(=O)oc2ccccc21)N1C[C@H]2C[C@H](C1)[C@H]1CCCC(=O)N1C2. The normalized spacial score (nSPS) is 27.7. The fourth-order valence-electron chi connectivity index (χ4n) is 5.21. The number of fused-ring (bicyclic) bond motifs is 5. The number of nitrogens with zero attached hydrogens (tertiary/aromatic N) is 3. The number of amides is 2. The third kappa shape index (κ3) is 2.76. The van der Waals surface area contributed by atoms with Gasteiger partial charge in [0, 0.05) is 32.1 Å². The van der Waals surface area contributed by atoms with E-state index in [9.17, 15) is 14.4 Å². The molecule has 3 aliphatic heterocycles. The van der Waals surface area contributed by atoms with Crippen molar-refractivity contribution >= 4 is 22.9 Å². The van der Waals surface area contributed by atoms with E-state index in [1.54, 1.807) is 18.2 Å². The van der Waals surface area contributed by atoms with E-state index in [0.29, 0.717) is 42.4 Å². The summed E-state index contributed by atoms with van der Waals surface area (Å²) in [5.74, 6) is 0.421. The average Bonchev–Trinajstić information content (AvgIpc) is 2.98. The van der Waals surface area contributed by atoms with Crippen molar-refractivity contribution in [3.05, 3.63) is 34.8 Å². The standard InChI is InChI=1S/C20H23N3O4/c24-18-7-3-5-15-14-8-13(10-22(15)18)9-21(11-14)19(25)12-23-16-4-1-2-6-17(16)27-20(23)26/h1-2,4,6,13-15H,3,5,7-12H2/t13-,14-,15-/m1/s1. The van der Waals surface area contributed by atoms with E-state index in [2.05, 4.69) is 4.90 Å². The van der Waals surface area contributed by atoms with Gasteiger partial charge in [-0.25, -0.2) is 4.79 Å². The average molecular weight is 369 g/mol. The molecule has 3 fully saturated rings. The molecular formula is C20H23N3O4. The van der Waals surface area contributed by atoms with E-state index >= 15 is 0 Å². The lowest BCUT2D eigenvalue weighted by Gasteiger charge is -2.52. The first-order chi connectivity index (χ1) is 13.1. The molecule has 142 valence electrons. The van der Waals surface area contributed by atoms with E-state index in [4.69, 9.17) is 4.42 Å². The summed E-state index contributed by atoms with van der Waals surface area (Å²) < 4.78 is 6.65. The van der Waals surface area contributed by atoms with Crippen LogP contribution in [-0.2, 0) is 16.1 Å². The van der Waals surface area contributed by atoms with Crippen molar-refractivity contribution < 1.29 is 14.0 Å². The number of oxazole rings is 1. The Hall–Kier alpha value is -2.57. The fraction of sp³-hybridized carbons (Fsp3) is 0.550. The van der Waals surface area contributed by atoms with Crippen LogP contribution in [0.15, 0.2) is 33.5 Å². The summed E-state index contributed by atoms with van der Waals surface area (Å²) in [6.07, 6.45) is 3.74. The smallest absolute Gasteiger partial charge is 0.408 e. The van der Waals surface area contributed by atoms with Crippen LogP contribution in [0, 0.1) is 11.8 Å². The van der Waals surface area contributed by atoms with E-state index in [1.165, 1.54) is 4.57 Å². The molecule has 27 heavy (non-hydrogen) atoms. The molecule has 0 spiro atoms. The molecule has 2 bridgehead atoms. The Morgan fingerprint density at radius 3 is 2.89 bits per heavy atom. The maximum atomic E-state index is 13.0. The first-order valence-electron chi connectivity index (χ1n) is 9.76. The van der Waals surface area contributed by atoms with Crippen LogP contribution in [0.1, 0.15) is 25.7 Å². The first kappa shape index (κ1) is 16.6. The monoisotopic (exact) mass is 369 g/mol. The minimum absolute atomic E-state index is 0.00258. The molecule has 7 nitrogen and oxygen atoms in total. The predicted molar refractivity (Wildman–Crippen MR) is 98.0 cm³/mol. The second-order valence-electron chi connectivity index (χ2n) is 8.09. The van der Waals surface area contributed by atoms with Crippen LogP contribution in [0.2, 0.25) is 0 Å². The number of carbonyl (C=O) groups is 2. The van der Waals surface area contributed by atoms with E-state index in [-0.39, 0.29) is 24.4 Å². The van der Waals surface area contributed by atoms with Crippen molar-refractivity contribution in [1.29, 1.82) is 0 Å². The molecule has 1 aromatic carbocycles. The lowest BCUT2D eigenvalue weighted by Crippen LogP contribution is -2.61. The summed E-state index contributed by atoms with van der Waals surface area (Å²) in [7, 11) is 0. The van der Waals surface area contributed by atoms with Gasteiger partial charge in [0.2, 0.25) is 11.8 Å². The number of carbonyl (C=O) groups excluding carboxylic acids is 2. The summed E-state index contributed by atoms with van der Waals surface area (Å²) in [4.78, 5) is 41.3. The number of hydrogen-bond acceptors (Lipinski definition) is 4. The molecule has 0 N–H and O–H groups in total. The van der Waals surface area contributed by atoms with Crippen molar-refractivity contribution in [2.24, 2.45) is 11.8 Å². The first-order valence-corrected chi connectivity index (χ1v) is 9.76. The third-order valence-electron chi connectivity index (χ3n) is 6.40. The Kier molecular flexibility index (Phi) is 3.84. The number of rotatable bonds is 2. The third-order valence-corrected chi connectivity index (χ3v) is 6.40. The van der Waals surface area contributed by atoms with Crippen LogP contribution in [-0.4, -0.2) is 51.9 Å². The van der Waals surface area contributed by atoms with Gasteiger partial charge in [0.1, 0.15) is 6.54 Å². The Bertz CT molecular complexity index is 962. The number of aromatic nitrogens is 1. The maximum absolute atomic E-state index is 13.0. The molecule has 3 aliphatic rings. The quantitative estimate of drug-likeness (QED) is 0.803. The zero-order valence-electron chi connectivity index (χ0n) is 15.2. The summed E-state index contributed by atoms with van der Waals surface area (Å²) in [5, 5.41) is 0. The minimum atomic E-state index is -0.495. The molecule has 0 saturated carbocycles. The molecule has 0 unspecified atom stereocenters. The molecule has 2 aromatic rings. The van der Waals surface area contributed by atoms with E-state index in [0.717, 1.165) is 25.8 Å². The Balaban J connectivity index is 1.35. The Labute approximate surface area is 156 Å². The van der Waals surface area contributed by atoms with Crippen molar-refractivity contribution in [1.82, 2.24) is 14.4 Å². The number of hydrogen-bond donors (Lipinski definition) is 0. The van der Waals surface area contributed by atoms with Crippen molar-refractivity contribution in [2.45, 2.75) is 38.3 Å². The molecule has 3 atom stereocenters. The van der Waals surface area contributed by atoms with Crippen LogP contribution in [0.25, 0.3) is 11.1 Å². The molecule has 3 saturated heterocycles. The van der Waals surface area contributed by atoms with Gasteiger partial charge in [-0.3, -0.25) is 14.2 Å². The second kappa shape index (κ2) is 6.25. The van der Waals surface area contributed by atoms with Crippen molar-refractivity contribution in [3.63, 3.8) is 0 Å². The van der Waals surface area contributed by atoms with Gasteiger partial charge in [-0.1, -0.05) is 12.1 Å². The van der Waals surface area contributed by atoms with Crippen LogP contribution in [0.5, 0.6) is 0 Å². The van der Waals surface area contributed by atoms with Gasteiger partial charge < -0.3 is 14.2 Å². The zero-order valence-corrected chi connectivity index (χ0v) is 15.2. The number of piperidine rings is 3. The molecule has 5 rings (SSSR count). The van der Waals surface area contributed by atoms with Crippen molar-refractivity contribution in [2.75, 3.05) is 19.6 Å². The van der Waals surface area contributed by atoms with Crippen molar-refractivity contribution in [3.8, 4) is 0 Å². The predicted octanol–water partition coefficient (Wildman–Crippen LogP) is 1.45. The highest BCUT2D eigenvalue weighted by Crippen LogP contribution is 2.37. The zero-order chi connectivity index (χ0) is 18.5. The fourth-order valence-corrected chi connectivity index (χ4v) is 5.21. The molecular weight excluding hydrogens is 346 g/mol. The van der Waals surface area contributed by atoms with Gasteiger partial charge in [-0.15, -0.1) is 0 Å². The van der Waals surface area contributed by atoms with Gasteiger partial charge in [0.15, 0.2) is 5.58 Å². The van der Waals surface area contributed by atoms with Gasteiger partial charge in [-0.2, -0.15) is 0 Å². The van der Waals surface area contributed by atoms with E-state index < -0.39 is 5.76 Å². The molecule has 7 heteroatoms. The highest BCUT2D eigenvalue weighted by molar-refractivity contribution is 5.80. The van der Waals surface area contributed by atoms with Gasteiger partial charge in [0.05, 0.1) is 5.52 Å². The number of likely N-dealkylation sites (tertiary alicyclic amines) is 1. The van der Waals surface area contributed by atoms with Crippen LogP contribution in [0.3, 0.4) is 0 Å². The van der Waals surface area contributed by atoms with Crippen LogP contribution < -0.4 is 5.76 Å². The molecule has 0 radical (unpaired) electrons. The maximum Gasteiger partial charge on any atom is 0.420 e. The summed E-state index contributed by atoms with van der Waals surface area (Å²) >= 11 is 0. The molecule has 0 aliphatic carbocycles. The minimum Gasteiger partial charge on any atom is -0.408 e.